The van der Waals surface area contributed by atoms with E-state index < -0.39 is 0 Å². The van der Waals surface area contributed by atoms with Crippen LogP contribution in [0.3, 0.4) is 0 Å². The summed E-state index contributed by atoms with van der Waals surface area (Å²) in [5.41, 5.74) is 8.76. The zero-order chi connectivity index (χ0) is 8.84. The first-order valence-corrected chi connectivity index (χ1v) is 4.62. The van der Waals surface area contributed by atoms with Crippen molar-refractivity contribution in [2.75, 3.05) is 0 Å². The number of hydrogen-bond donors (Lipinski definition) is 1. The topological polar surface area (TPSA) is 26.0 Å². The summed E-state index contributed by atoms with van der Waals surface area (Å²) in [6.45, 7) is 0. The van der Waals surface area contributed by atoms with Gasteiger partial charge in [0, 0.05) is 6.04 Å². The van der Waals surface area contributed by atoms with E-state index in [1.165, 1.54) is 21.9 Å². The van der Waals surface area contributed by atoms with Gasteiger partial charge in [-0.3, -0.25) is 0 Å². The second-order valence-electron chi connectivity index (χ2n) is 3.67. The molecular formula is C12H11N. The van der Waals surface area contributed by atoms with Gasteiger partial charge in [0.1, 0.15) is 0 Å². The Balaban J connectivity index is 2.51. The normalized spacial score (nSPS) is 19.6. The van der Waals surface area contributed by atoms with Crippen molar-refractivity contribution in [2.45, 2.75) is 12.5 Å². The Hall–Kier alpha value is -1.34. The monoisotopic (exact) mass is 169 g/mol. The largest absolute Gasteiger partial charge is 0.324 e. The molecule has 1 aliphatic carbocycles. The lowest BCUT2D eigenvalue weighted by molar-refractivity contribution is 0.757. The van der Waals surface area contributed by atoms with Crippen molar-refractivity contribution in [1.82, 2.24) is 0 Å². The third-order valence-corrected chi connectivity index (χ3v) is 2.86. The average Bonchev–Trinajstić information content (AvgIpc) is 2.47. The maximum absolute atomic E-state index is 6.04. The second-order valence-corrected chi connectivity index (χ2v) is 3.67. The fraction of sp³-hybridized carbons (Fsp3) is 0.167. The van der Waals surface area contributed by atoms with E-state index in [4.69, 9.17) is 5.73 Å². The van der Waals surface area contributed by atoms with Crippen LogP contribution < -0.4 is 5.73 Å². The van der Waals surface area contributed by atoms with Crippen LogP contribution in [0, 0.1) is 0 Å². The Kier molecular flexibility index (Phi) is 1.27. The highest BCUT2D eigenvalue weighted by molar-refractivity contribution is 5.91. The van der Waals surface area contributed by atoms with Crippen LogP contribution in [0.4, 0.5) is 0 Å². The minimum absolute atomic E-state index is 0.209. The van der Waals surface area contributed by atoms with Gasteiger partial charge in [-0.2, -0.15) is 0 Å². The highest BCUT2D eigenvalue weighted by Gasteiger charge is 2.19. The SMILES string of the molecule is N[C@@H]1Cc2cccc3cccc1c23. The fourth-order valence-electron chi connectivity index (χ4n) is 2.28. The molecule has 0 spiro atoms. The van der Waals surface area contributed by atoms with E-state index >= 15 is 0 Å². The molecule has 1 aliphatic rings. The molecule has 2 aromatic rings. The lowest BCUT2D eigenvalue weighted by Crippen LogP contribution is -2.07. The fourth-order valence-corrected chi connectivity index (χ4v) is 2.28. The molecule has 0 heterocycles. The second kappa shape index (κ2) is 2.33. The van der Waals surface area contributed by atoms with Crippen molar-refractivity contribution >= 4 is 10.8 Å². The summed E-state index contributed by atoms with van der Waals surface area (Å²) in [5.74, 6) is 0. The van der Waals surface area contributed by atoms with E-state index in [0.717, 1.165) is 6.42 Å². The standard InChI is InChI=1S/C12H11N/c13-11-7-9-5-1-3-8-4-2-6-10(11)12(8)9/h1-6,11H,7,13H2/t11-/m1/s1. The smallest absolute Gasteiger partial charge is 0.0342 e. The minimum atomic E-state index is 0.209. The third-order valence-electron chi connectivity index (χ3n) is 2.86. The summed E-state index contributed by atoms with van der Waals surface area (Å²) in [4.78, 5) is 0. The summed E-state index contributed by atoms with van der Waals surface area (Å²) in [6.07, 6.45) is 0.997. The molecule has 1 nitrogen and oxygen atoms in total. The summed E-state index contributed by atoms with van der Waals surface area (Å²) >= 11 is 0. The molecule has 13 heavy (non-hydrogen) atoms. The molecule has 0 bridgehead atoms. The van der Waals surface area contributed by atoms with Gasteiger partial charge in [-0.1, -0.05) is 36.4 Å². The zero-order valence-electron chi connectivity index (χ0n) is 7.33. The zero-order valence-corrected chi connectivity index (χ0v) is 7.33. The summed E-state index contributed by atoms with van der Waals surface area (Å²) in [5, 5.41) is 2.71. The van der Waals surface area contributed by atoms with Gasteiger partial charge in [0.15, 0.2) is 0 Å². The van der Waals surface area contributed by atoms with Crippen LogP contribution in [0.1, 0.15) is 17.2 Å². The highest BCUT2D eigenvalue weighted by atomic mass is 14.6. The quantitative estimate of drug-likeness (QED) is 0.643. The van der Waals surface area contributed by atoms with Crippen molar-refractivity contribution in [3.8, 4) is 0 Å². The van der Waals surface area contributed by atoms with Gasteiger partial charge in [-0.05, 0) is 28.3 Å². The van der Waals surface area contributed by atoms with Crippen molar-refractivity contribution in [3.05, 3.63) is 47.5 Å². The summed E-state index contributed by atoms with van der Waals surface area (Å²) in [7, 11) is 0. The van der Waals surface area contributed by atoms with E-state index in [1.807, 2.05) is 0 Å². The van der Waals surface area contributed by atoms with Gasteiger partial charge in [-0.25, -0.2) is 0 Å². The first kappa shape index (κ1) is 7.10. The number of hydrogen-bond acceptors (Lipinski definition) is 1. The van der Waals surface area contributed by atoms with Gasteiger partial charge < -0.3 is 5.73 Å². The predicted octanol–water partition coefficient (Wildman–Crippen LogP) is 2.40. The lowest BCUT2D eigenvalue weighted by atomic mass is 10.1. The van der Waals surface area contributed by atoms with Gasteiger partial charge >= 0.3 is 0 Å². The van der Waals surface area contributed by atoms with Gasteiger partial charge in [-0.15, -0.1) is 0 Å². The van der Waals surface area contributed by atoms with Crippen LogP contribution in [-0.2, 0) is 6.42 Å². The van der Waals surface area contributed by atoms with E-state index in [2.05, 4.69) is 36.4 Å². The molecule has 0 aliphatic heterocycles. The molecule has 0 radical (unpaired) electrons. The maximum Gasteiger partial charge on any atom is 0.0342 e. The molecule has 2 aromatic carbocycles. The first-order chi connectivity index (χ1) is 6.36. The highest BCUT2D eigenvalue weighted by Crippen LogP contribution is 2.35. The molecular weight excluding hydrogens is 158 g/mol. The van der Waals surface area contributed by atoms with Crippen LogP contribution in [0.5, 0.6) is 0 Å². The van der Waals surface area contributed by atoms with Crippen molar-refractivity contribution in [1.29, 1.82) is 0 Å². The summed E-state index contributed by atoms with van der Waals surface area (Å²) in [6, 6.07) is 13.0. The van der Waals surface area contributed by atoms with Crippen LogP contribution in [0.25, 0.3) is 10.8 Å². The molecule has 3 rings (SSSR count). The van der Waals surface area contributed by atoms with Crippen molar-refractivity contribution < 1.29 is 0 Å². The minimum Gasteiger partial charge on any atom is -0.324 e. The molecule has 0 fully saturated rings. The molecule has 0 aromatic heterocycles. The third kappa shape index (κ3) is 0.850. The van der Waals surface area contributed by atoms with Crippen LogP contribution in [0.2, 0.25) is 0 Å². The Labute approximate surface area is 77.2 Å². The average molecular weight is 169 g/mol. The Morgan fingerprint density at radius 1 is 1.08 bits per heavy atom. The molecule has 0 saturated carbocycles. The molecule has 0 amide bonds. The van der Waals surface area contributed by atoms with E-state index in [1.54, 1.807) is 0 Å². The first-order valence-electron chi connectivity index (χ1n) is 4.62. The lowest BCUT2D eigenvalue weighted by Gasteiger charge is -2.02. The predicted molar refractivity (Wildman–Crippen MR) is 54.6 cm³/mol. The number of nitrogens with two attached hydrogens (primary N) is 1. The maximum atomic E-state index is 6.04. The molecule has 0 saturated heterocycles. The van der Waals surface area contributed by atoms with E-state index in [-0.39, 0.29) is 6.04 Å². The van der Waals surface area contributed by atoms with Crippen molar-refractivity contribution in [3.63, 3.8) is 0 Å². The van der Waals surface area contributed by atoms with Crippen LogP contribution in [-0.4, -0.2) is 0 Å². The molecule has 0 unspecified atom stereocenters. The number of benzene rings is 2. The van der Waals surface area contributed by atoms with Crippen LogP contribution in [0.15, 0.2) is 36.4 Å². The Bertz CT molecular complexity index is 468. The Morgan fingerprint density at radius 3 is 2.69 bits per heavy atom. The van der Waals surface area contributed by atoms with Crippen LogP contribution >= 0.6 is 0 Å². The molecule has 64 valence electrons. The molecule has 1 heteroatoms. The van der Waals surface area contributed by atoms with Gasteiger partial charge in [0.25, 0.3) is 0 Å². The van der Waals surface area contributed by atoms with Crippen molar-refractivity contribution in [2.24, 2.45) is 5.73 Å². The van der Waals surface area contributed by atoms with E-state index in [9.17, 15) is 0 Å². The number of rotatable bonds is 0. The van der Waals surface area contributed by atoms with Gasteiger partial charge in [0.05, 0.1) is 0 Å². The molecule has 2 N–H and O–H groups in total. The molecule has 1 atom stereocenters. The summed E-state index contributed by atoms with van der Waals surface area (Å²) < 4.78 is 0. The van der Waals surface area contributed by atoms with E-state index in [0.29, 0.717) is 0 Å². The Morgan fingerprint density at radius 2 is 1.85 bits per heavy atom. The van der Waals surface area contributed by atoms with Gasteiger partial charge in [0.2, 0.25) is 0 Å².